The Balaban J connectivity index is 1.13. The maximum atomic E-state index is 12.9. The number of carbonyl (C=O) groups is 4. The molecule has 3 aromatic rings. The maximum absolute atomic E-state index is 12.9. The zero-order valence-corrected chi connectivity index (χ0v) is 21.6. The molecule has 1 heterocycles. The van der Waals surface area contributed by atoms with Gasteiger partial charge in [0, 0.05) is 17.1 Å². The van der Waals surface area contributed by atoms with Crippen molar-refractivity contribution in [2.24, 2.45) is 11.8 Å². The van der Waals surface area contributed by atoms with E-state index in [1.807, 2.05) is 31.2 Å². The van der Waals surface area contributed by atoms with E-state index in [9.17, 15) is 24.3 Å². The quantitative estimate of drug-likeness (QED) is 0.269. The Bertz CT molecular complexity index is 1460. The Morgan fingerprint density at radius 2 is 1.52 bits per heavy atom. The van der Waals surface area contributed by atoms with Crippen LogP contribution in [0.3, 0.4) is 0 Å². The second-order valence-corrected chi connectivity index (χ2v) is 9.68. The number of nitrogens with one attached hydrogen (secondary N) is 4. The smallest absolute Gasteiger partial charge is 0.323 e. The fourth-order valence-corrected chi connectivity index (χ4v) is 4.48. The molecule has 0 aromatic heterocycles. The van der Waals surface area contributed by atoms with Crippen LogP contribution < -0.4 is 30.7 Å². The van der Waals surface area contributed by atoms with Crippen molar-refractivity contribution in [2.45, 2.75) is 25.8 Å². The molecule has 3 unspecified atom stereocenters. The van der Waals surface area contributed by atoms with E-state index in [0.29, 0.717) is 40.5 Å². The number of benzene rings is 3. The third kappa shape index (κ3) is 6.32. The molecule has 3 aromatic carbocycles. The van der Waals surface area contributed by atoms with Crippen LogP contribution in [-0.4, -0.2) is 35.7 Å². The molecule has 40 heavy (non-hydrogen) atoms. The predicted molar refractivity (Wildman–Crippen MR) is 146 cm³/mol. The Kier molecular flexibility index (Phi) is 7.54. The van der Waals surface area contributed by atoms with Crippen LogP contribution in [0.15, 0.2) is 66.7 Å². The van der Waals surface area contributed by atoms with Crippen molar-refractivity contribution in [2.75, 3.05) is 22.7 Å². The molecule has 0 radical (unpaired) electrons. The van der Waals surface area contributed by atoms with E-state index in [0.717, 1.165) is 5.56 Å². The first-order chi connectivity index (χ1) is 19.3. The fraction of sp³-hybridized carbons (Fsp3) is 0.241. The number of rotatable bonds is 9. The van der Waals surface area contributed by atoms with Gasteiger partial charge < -0.3 is 35.8 Å². The summed E-state index contributed by atoms with van der Waals surface area (Å²) < 4.78 is 10.6. The van der Waals surface area contributed by atoms with Crippen molar-refractivity contribution in [3.63, 3.8) is 0 Å². The molecule has 11 heteroatoms. The zero-order chi connectivity index (χ0) is 28.2. The molecular weight excluding hydrogens is 516 g/mol. The minimum atomic E-state index is -1.07. The highest BCUT2D eigenvalue weighted by molar-refractivity contribution is 6.01. The lowest BCUT2D eigenvalue weighted by atomic mass is 10.0. The molecule has 4 amide bonds. The summed E-state index contributed by atoms with van der Waals surface area (Å²) in [4.78, 5) is 49.4. The van der Waals surface area contributed by atoms with Crippen molar-refractivity contribution in [3.05, 3.63) is 77.9 Å². The van der Waals surface area contributed by atoms with Gasteiger partial charge in [-0.2, -0.15) is 0 Å². The molecule has 3 atom stereocenters. The average Bonchev–Trinajstić information content (AvgIpc) is 3.60. The van der Waals surface area contributed by atoms with E-state index >= 15 is 0 Å². The van der Waals surface area contributed by atoms with Gasteiger partial charge in [0.25, 0.3) is 0 Å². The molecule has 1 aliphatic heterocycles. The van der Waals surface area contributed by atoms with Crippen LogP contribution >= 0.6 is 0 Å². The largest absolute Gasteiger partial charge is 0.481 e. The van der Waals surface area contributed by atoms with Crippen molar-refractivity contribution < 1.29 is 33.8 Å². The maximum Gasteiger partial charge on any atom is 0.323 e. The molecule has 1 aliphatic carbocycles. The highest BCUT2D eigenvalue weighted by Crippen LogP contribution is 2.41. The number of anilines is 3. The average molecular weight is 545 g/mol. The highest BCUT2D eigenvalue weighted by Gasteiger charge is 2.48. The summed E-state index contributed by atoms with van der Waals surface area (Å²) >= 11 is 0. The Hall–Kier alpha value is -5.06. The Morgan fingerprint density at radius 1 is 0.850 bits per heavy atom. The summed E-state index contributed by atoms with van der Waals surface area (Å²) in [6.45, 7) is 1.98. The number of carbonyl (C=O) groups excluding carboxylic acids is 3. The second kappa shape index (κ2) is 11.4. The van der Waals surface area contributed by atoms with Crippen LogP contribution in [-0.2, 0) is 14.4 Å². The van der Waals surface area contributed by atoms with E-state index < -0.39 is 23.8 Å². The van der Waals surface area contributed by atoms with Crippen molar-refractivity contribution in [1.29, 1.82) is 0 Å². The van der Waals surface area contributed by atoms with Crippen LogP contribution in [0.2, 0.25) is 0 Å². The molecule has 0 saturated heterocycles. The number of ether oxygens (including phenoxy) is 2. The normalized spacial score (nSPS) is 17.3. The first-order valence-corrected chi connectivity index (χ1v) is 12.7. The Morgan fingerprint density at radius 3 is 2.25 bits per heavy atom. The molecule has 5 N–H and O–H groups in total. The number of para-hydroxylation sites is 1. The topological polar surface area (TPSA) is 155 Å². The van der Waals surface area contributed by atoms with Gasteiger partial charge in [0.1, 0.15) is 0 Å². The Labute approximate surface area is 229 Å². The van der Waals surface area contributed by atoms with Gasteiger partial charge in [-0.15, -0.1) is 0 Å². The number of hydrogen-bond acceptors (Lipinski definition) is 6. The lowest BCUT2D eigenvalue weighted by molar-refractivity contribution is -0.138. The summed E-state index contributed by atoms with van der Waals surface area (Å²) in [6.07, 6.45) is 0.0373. The number of carboxylic acid groups (broad SMARTS) is 1. The zero-order valence-electron chi connectivity index (χ0n) is 21.6. The number of fused-ring (bicyclic) bond motifs is 1. The number of carboxylic acids is 1. The lowest BCUT2D eigenvalue weighted by Gasteiger charge is -2.18. The number of urea groups is 1. The molecular formula is C29H28N4O7. The van der Waals surface area contributed by atoms with Gasteiger partial charge in [-0.3, -0.25) is 14.4 Å². The SMILES string of the molecule is Cc1ccccc1NC(=O)Nc1ccc(NC(=O)C2CC2C(=O)NC(CC(=O)O)c2ccc3c(c2)OCO3)cc1. The number of amides is 4. The van der Waals surface area contributed by atoms with Gasteiger partial charge >= 0.3 is 12.0 Å². The van der Waals surface area contributed by atoms with Crippen LogP contribution in [0.25, 0.3) is 0 Å². The van der Waals surface area contributed by atoms with Gasteiger partial charge in [-0.05, 0) is 66.9 Å². The molecule has 2 aliphatic rings. The van der Waals surface area contributed by atoms with E-state index in [4.69, 9.17) is 9.47 Å². The molecule has 0 spiro atoms. The van der Waals surface area contributed by atoms with E-state index in [2.05, 4.69) is 21.3 Å². The van der Waals surface area contributed by atoms with Gasteiger partial charge in [-0.25, -0.2) is 4.79 Å². The fourth-order valence-electron chi connectivity index (χ4n) is 4.48. The third-order valence-electron chi connectivity index (χ3n) is 6.76. The minimum absolute atomic E-state index is 0.0795. The summed E-state index contributed by atoms with van der Waals surface area (Å²) in [5.74, 6) is -1.81. The molecule has 1 fully saturated rings. The van der Waals surface area contributed by atoms with Crippen molar-refractivity contribution in [1.82, 2.24) is 5.32 Å². The van der Waals surface area contributed by atoms with Crippen molar-refractivity contribution in [3.8, 4) is 11.5 Å². The van der Waals surface area contributed by atoms with Crippen LogP contribution in [0.1, 0.15) is 30.0 Å². The number of hydrogen-bond donors (Lipinski definition) is 5. The number of aliphatic carboxylic acids is 1. The van der Waals surface area contributed by atoms with Crippen LogP contribution in [0, 0.1) is 18.8 Å². The second-order valence-electron chi connectivity index (χ2n) is 9.68. The van der Waals surface area contributed by atoms with E-state index in [-0.39, 0.29) is 31.1 Å². The molecule has 0 bridgehead atoms. The van der Waals surface area contributed by atoms with E-state index in [1.165, 1.54) is 0 Å². The summed E-state index contributed by atoms with van der Waals surface area (Å²) in [7, 11) is 0. The lowest BCUT2D eigenvalue weighted by Crippen LogP contribution is -2.32. The summed E-state index contributed by atoms with van der Waals surface area (Å²) in [5.41, 5.74) is 3.28. The highest BCUT2D eigenvalue weighted by atomic mass is 16.7. The molecule has 1 saturated carbocycles. The minimum Gasteiger partial charge on any atom is -0.481 e. The van der Waals surface area contributed by atoms with Crippen LogP contribution in [0.4, 0.5) is 21.9 Å². The first kappa shape index (κ1) is 26.5. The molecule has 11 nitrogen and oxygen atoms in total. The van der Waals surface area contributed by atoms with E-state index in [1.54, 1.807) is 42.5 Å². The third-order valence-corrected chi connectivity index (χ3v) is 6.76. The van der Waals surface area contributed by atoms with Gasteiger partial charge in [-0.1, -0.05) is 24.3 Å². The molecule has 206 valence electrons. The van der Waals surface area contributed by atoms with Crippen LogP contribution in [0.5, 0.6) is 11.5 Å². The monoisotopic (exact) mass is 544 g/mol. The summed E-state index contributed by atoms with van der Waals surface area (Å²) in [5, 5.41) is 20.4. The predicted octanol–water partition coefficient (Wildman–Crippen LogP) is 4.27. The van der Waals surface area contributed by atoms with Gasteiger partial charge in [0.15, 0.2) is 11.5 Å². The molecule has 5 rings (SSSR count). The van der Waals surface area contributed by atoms with Crippen molar-refractivity contribution >= 4 is 40.9 Å². The van der Waals surface area contributed by atoms with Gasteiger partial charge in [0.05, 0.1) is 24.3 Å². The first-order valence-electron chi connectivity index (χ1n) is 12.7. The summed E-state index contributed by atoms with van der Waals surface area (Å²) in [6, 6.07) is 17.9. The van der Waals surface area contributed by atoms with Gasteiger partial charge in [0.2, 0.25) is 18.6 Å². The standard InChI is InChI=1S/C29H28N4O7/c1-16-4-2-3-5-22(16)33-29(38)31-19-9-7-18(8-10-19)30-27(36)20-13-21(20)28(37)32-23(14-26(34)35)17-6-11-24-25(12-17)40-15-39-24/h2-12,20-21,23H,13-15H2,1H3,(H,30,36)(H,32,37)(H,34,35)(H2,31,33,38). The number of aryl methyl sites for hydroxylation is 1.